The summed E-state index contributed by atoms with van der Waals surface area (Å²) >= 11 is 0. The van der Waals surface area contributed by atoms with Gasteiger partial charge in [0.2, 0.25) is 5.91 Å². The van der Waals surface area contributed by atoms with E-state index in [-0.39, 0.29) is 5.91 Å². The molecule has 0 aliphatic rings. The predicted molar refractivity (Wildman–Crippen MR) is 47.6 cm³/mol. The molecule has 0 fully saturated rings. The van der Waals surface area contributed by atoms with Crippen molar-refractivity contribution in [1.82, 2.24) is 4.90 Å². The molecule has 0 spiro atoms. The van der Waals surface area contributed by atoms with Crippen molar-refractivity contribution in [3.05, 3.63) is 0 Å². The van der Waals surface area contributed by atoms with Crippen LogP contribution < -0.4 is 5.73 Å². The fourth-order valence-corrected chi connectivity index (χ4v) is 0.944. The highest BCUT2D eigenvalue weighted by Gasteiger charge is 2.16. The first-order valence-corrected chi connectivity index (χ1v) is 4.17. The van der Waals surface area contributed by atoms with Crippen LogP contribution in [0.4, 0.5) is 0 Å². The quantitative estimate of drug-likeness (QED) is 0.607. The number of aliphatic hydroxyl groups excluding tert-OH is 1. The van der Waals surface area contributed by atoms with Gasteiger partial charge in [-0.15, -0.1) is 0 Å². The van der Waals surface area contributed by atoms with Crippen molar-refractivity contribution in [2.24, 2.45) is 5.73 Å². The molecule has 0 heterocycles. The maximum absolute atomic E-state index is 11.3. The molecule has 0 bridgehead atoms. The van der Waals surface area contributed by atoms with Crippen LogP contribution in [-0.2, 0) is 4.79 Å². The van der Waals surface area contributed by atoms with Crippen molar-refractivity contribution in [1.29, 1.82) is 0 Å². The fraction of sp³-hybridized carbons (Fsp3) is 0.875. The van der Waals surface area contributed by atoms with Gasteiger partial charge in [0.25, 0.3) is 0 Å². The van der Waals surface area contributed by atoms with E-state index in [1.807, 2.05) is 6.92 Å². The van der Waals surface area contributed by atoms with Crippen LogP contribution >= 0.6 is 0 Å². The Morgan fingerprint density at radius 3 is 2.50 bits per heavy atom. The molecule has 0 aromatic carbocycles. The van der Waals surface area contributed by atoms with Crippen molar-refractivity contribution in [2.45, 2.75) is 32.4 Å². The standard InChI is InChI=1S/C8H18N2O2/c1-4-7(9)8(12)10(3)5-6(2)11/h6-7,11H,4-5,9H2,1-3H3/t6?,7-/m0/s1. The maximum atomic E-state index is 11.3. The van der Waals surface area contributed by atoms with Gasteiger partial charge in [-0.05, 0) is 13.3 Å². The Morgan fingerprint density at radius 1 is 1.67 bits per heavy atom. The summed E-state index contributed by atoms with van der Waals surface area (Å²) in [7, 11) is 1.64. The zero-order valence-corrected chi connectivity index (χ0v) is 7.95. The Morgan fingerprint density at radius 2 is 2.17 bits per heavy atom. The van der Waals surface area contributed by atoms with Gasteiger partial charge >= 0.3 is 0 Å². The average Bonchev–Trinajstić information content (AvgIpc) is 2.00. The van der Waals surface area contributed by atoms with Gasteiger partial charge in [-0.2, -0.15) is 0 Å². The topological polar surface area (TPSA) is 66.6 Å². The molecular weight excluding hydrogens is 156 g/mol. The highest BCUT2D eigenvalue weighted by Crippen LogP contribution is 1.95. The largest absolute Gasteiger partial charge is 0.392 e. The summed E-state index contributed by atoms with van der Waals surface area (Å²) in [5, 5.41) is 8.99. The Hall–Kier alpha value is -0.610. The third-order valence-corrected chi connectivity index (χ3v) is 1.67. The number of nitrogens with zero attached hydrogens (tertiary/aromatic N) is 1. The summed E-state index contributed by atoms with van der Waals surface area (Å²) in [6, 6.07) is -0.436. The molecule has 3 N–H and O–H groups in total. The van der Waals surface area contributed by atoms with Crippen molar-refractivity contribution in [2.75, 3.05) is 13.6 Å². The number of carbonyl (C=O) groups is 1. The zero-order chi connectivity index (χ0) is 9.72. The fourth-order valence-electron chi connectivity index (χ4n) is 0.944. The zero-order valence-electron chi connectivity index (χ0n) is 7.95. The van der Waals surface area contributed by atoms with Crippen molar-refractivity contribution >= 4 is 5.91 Å². The molecule has 0 aliphatic carbocycles. The van der Waals surface area contributed by atoms with Crippen LogP contribution in [0.1, 0.15) is 20.3 Å². The minimum atomic E-state index is -0.497. The minimum Gasteiger partial charge on any atom is -0.392 e. The molecule has 4 heteroatoms. The molecular formula is C8H18N2O2. The smallest absolute Gasteiger partial charge is 0.239 e. The van der Waals surface area contributed by atoms with E-state index in [2.05, 4.69) is 0 Å². The normalized spacial score (nSPS) is 15.4. The van der Waals surface area contributed by atoms with Crippen molar-refractivity contribution in [3.63, 3.8) is 0 Å². The lowest BCUT2D eigenvalue weighted by Crippen LogP contribution is -2.43. The number of carbonyl (C=O) groups excluding carboxylic acids is 1. The minimum absolute atomic E-state index is 0.113. The lowest BCUT2D eigenvalue weighted by Gasteiger charge is -2.21. The molecule has 0 radical (unpaired) electrons. The second kappa shape index (κ2) is 5.11. The summed E-state index contributed by atoms with van der Waals surface area (Å²) in [5.41, 5.74) is 5.52. The van der Waals surface area contributed by atoms with Crippen LogP contribution in [0.5, 0.6) is 0 Å². The summed E-state index contributed by atoms with van der Waals surface area (Å²) in [5.74, 6) is -0.113. The molecule has 0 aliphatic heterocycles. The van der Waals surface area contributed by atoms with Gasteiger partial charge in [-0.25, -0.2) is 0 Å². The van der Waals surface area contributed by atoms with E-state index >= 15 is 0 Å². The molecule has 72 valence electrons. The predicted octanol–water partition coefficient (Wildman–Crippen LogP) is -0.437. The van der Waals surface area contributed by atoms with Gasteiger partial charge in [0.05, 0.1) is 12.1 Å². The first-order valence-electron chi connectivity index (χ1n) is 4.17. The van der Waals surface area contributed by atoms with Crippen LogP contribution in [0.2, 0.25) is 0 Å². The van der Waals surface area contributed by atoms with Crippen molar-refractivity contribution < 1.29 is 9.90 Å². The van der Waals surface area contributed by atoms with E-state index in [9.17, 15) is 4.79 Å². The van der Waals surface area contributed by atoms with E-state index in [0.717, 1.165) is 0 Å². The Labute approximate surface area is 73.3 Å². The van der Waals surface area contributed by atoms with E-state index in [1.54, 1.807) is 14.0 Å². The van der Waals surface area contributed by atoms with E-state index in [0.29, 0.717) is 13.0 Å². The highest BCUT2D eigenvalue weighted by atomic mass is 16.3. The van der Waals surface area contributed by atoms with Crippen LogP contribution in [0.25, 0.3) is 0 Å². The van der Waals surface area contributed by atoms with Crippen LogP contribution in [0.15, 0.2) is 0 Å². The molecule has 0 aromatic heterocycles. The maximum Gasteiger partial charge on any atom is 0.239 e. The molecule has 4 nitrogen and oxygen atoms in total. The van der Waals surface area contributed by atoms with E-state index in [1.165, 1.54) is 4.90 Å². The molecule has 0 saturated heterocycles. The van der Waals surface area contributed by atoms with Gasteiger partial charge in [-0.1, -0.05) is 6.92 Å². The van der Waals surface area contributed by atoms with Crippen LogP contribution in [-0.4, -0.2) is 41.7 Å². The second-order valence-corrected chi connectivity index (χ2v) is 3.08. The third-order valence-electron chi connectivity index (χ3n) is 1.67. The number of hydrogen-bond acceptors (Lipinski definition) is 3. The monoisotopic (exact) mass is 174 g/mol. The van der Waals surface area contributed by atoms with Crippen LogP contribution in [0, 0.1) is 0 Å². The van der Waals surface area contributed by atoms with E-state index < -0.39 is 12.1 Å². The molecule has 0 rings (SSSR count). The van der Waals surface area contributed by atoms with Gasteiger partial charge in [0.1, 0.15) is 0 Å². The number of rotatable bonds is 4. The molecule has 1 amide bonds. The number of likely N-dealkylation sites (N-methyl/N-ethyl adjacent to an activating group) is 1. The number of amides is 1. The highest BCUT2D eigenvalue weighted by molar-refractivity contribution is 5.81. The van der Waals surface area contributed by atoms with Gasteiger partial charge < -0.3 is 15.7 Å². The number of hydrogen-bond donors (Lipinski definition) is 2. The first kappa shape index (κ1) is 11.4. The molecule has 2 atom stereocenters. The number of nitrogens with two attached hydrogens (primary N) is 1. The molecule has 0 saturated carbocycles. The summed E-state index contributed by atoms with van der Waals surface area (Å²) in [6.45, 7) is 3.84. The summed E-state index contributed by atoms with van der Waals surface area (Å²) in [4.78, 5) is 12.8. The molecule has 1 unspecified atom stereocenters. The Bertz CT molecular complexity index is 148. The van der Waals surface area contributed by atoms with E-state index in [4.69, 9.17) is 10.8 Å². The molecule has 0 aromatic rings. The van der Waals surface area contributed by atoms with Gasteiger partial charge in [0, 0.05) is 13.6 Å². The van der Waals surface area contributed by atoms with Gasteiger partial charge in [-0.3, -0.25) is 4.79 Å². The Kier molecular flexibility index (Phi) is 4.85. The number of aliphatic hydroxyl groups is 1. The Balaban J connectivity index is 3.92. The van der Waals surface area contributed by atoms with Crippen molar-refractivity contribution in [3.8, 4) is 0 Å². The SMILES string of the molecule is CC[C@H](N)C(=O)N(C)CC(C)O. The summed E-state index contributed by atoms with van der Waals surface area (Å²) < 4.78 is 0. The molecule has 12 heavy (non-hydrogen) atoms. The lowest BCUT2D eigenvalue weighted by molar-refractivity contribution is -0.132. The first-order chi connectivity index (χ1) is 5.49. The third kappa shape index (κ3) is 3.69. The lowest BCUT2D eigenvalue weighted by atomic mass is 10.2. The van der Waals surface area contributed by atoms with Crippen LogP contribution in [0.3, 0.4) is 0 Å². The average molecular weight is 174 g/mol. The van der Waals surface area contributed by atoms with Gasteiger partial charge in [0.15, 0.2) is 0 Å². The summed E-state index contributed by atoms with van der Waals surface area (Å²) in [6.07, 6.45) is 0.131. The second-order valence-electron chi connectivity index (χ2n) is 3.08.